The van der Waals surface area contributed by atoms with Crippen LogP contribution in [-0.2, 0) is 10.0 Å². The Kier molecular flexibility index (Phi) is 2.70. The first-order chi connectivity index (χ1) is 7.91. The lowest BCUT2D eigenvalue weighted by Gasteiger charge is -2.18. The SMILES string of the molecule is CS(=O)(=O)N1CCN(c2ccccc2N)C1=O. The van der Waals surface area contributed by atoms with Gasteiger partial charge in [0.25, 0.3) is 0 Å². The molecule has 0 aromatic heterocycles. The van der Waals surface area contributed by atoms with Gasteiger partial charge in [0.05, 0.1) is 24.2 Å². The number of amides is 2. The van der Waals surface area contributed by atoms with Crippen LogP contribution in [0.5, 0.6) is 0 Å². The molecular formula is C10H13N3O3S. The van der Waals surface area contributed by atoms with E-state index in [1.165, 1.54) is 4.90 Å². The lowest BCUT2D eigenvalue weighted by Crippen LogP contribution is -2.35. The molecule has 1 aromatic carbocycles. The summed E-state index contributed by atoms with van der Waals surface area (Å²) in [6.07, 6.45) is 1.02. The Balaban J connectivity index is 2.34. The molecule has 1 aromatic rings. The molecular weight excluding hydrogens is 242 g/mol. The second-order valence-electron chi connectivity index (χ2n) is 3.83. The second kappa shape index (κ2) is 3.92. The van der Waals surface area contributed by atoms with Gasteiger partial charge in [-0.2, -0.15) is 0 Å². The third-order valence-corrected chi connectivity index (χ3v) is 3.74. The van der Waals surface area contributed by atoms with Crippen molar-refractivity contribution >= 4 is 27.4 Å². The normalized spacial score (nSPS) is 16.6. The molecule has 2 amide bonds. The average molecular weight is 255 g/mol. The quantitative estimate of drug-likeness (QED) is 0.779. The minimum atomic E-state index is -3.50. The van der Waals surface area contributed by atoms with Crippen LogP contribution in [0.1, 0.15) is 0 Å². The van der Waals surface area contributed by atoms with Crippen LogP contribution >= 0.6 is 0 Å². The lowest BCUT2D eigenvalue weighted by atomic mass is 10.2. The van der Waals surface area contributed by atoms with Crippen molar-refractivity contribution in [2.75, 3.05) is 30.0 Å². The molecule has 0 bridgehead atoms. The van der Waals surface area contributed by atoms with Crippen LogP contribution < -0.4 is 10.6 Å². The minimum Gasteiger partial charge on any atom is -0.397 e. The van der Waals surface area contributed by atoms with Gasteiger partial charge in [0.2, 0.25) is 10.0 Å². The van der Waals surface area contributed by atoms with Crippen LogP contribution in [0, 0.1) is 0 Å². The fourth-order valence-electron chi connectivity index (χ4n) is 1.78. The summed E-state index contributed by atoms with van der Waals surface area (Å²) < 4.78 is 23.6. The Morgan fingerprint density at radius 2 is 1.88 bits per heavy atom. The van der Waals surface area contributed by atoms with Crippen LogP contribution in [0.15, 0.2) is 24.3 Å². The molecule has 1 heterocycles. The molecule has 1 aliphatic rings. The van der Waals surface area contributed by atoms with Crippen LogP contribution in [0.3, 0.4) is 0 Å². The van der Waals surface area contributed by atoms with E-state index >= 15 is 0 Å². The number of nitrogens with two attached hydrogens (primary N) is 1. The van der Waals surface area contributed by atoms with E-state index in [9.17, 15) is 13.2 Å². The van der Waals surface area contributed by atoms with Crippen LogP contribution in [0.2, 0.25) is 0 Å². The highest BCUT2D eigenvalue weighted by atomic mass is 32.2. The maximum atomic E-state index is 11.9. The van der Waals surface area contributed by atoms with Crippen LogP contribution in [-0.4, -0.2) is 38.1 Å². The number of hydrogen-bond acceptors (Lipinski definition) is 4. The Labute approximate surface area is 99.7 Å². The molecule has 7 heteroatoms. The van der Waals surface area contributed by atoms with E-state index in [1.54, 1.807) is 24.3 Å². The van der Waals surface area contributed by atoms with E-state index < -0.39 is 16.1 Å². The summed E-state index contributed by atoms with van der Waals surface area (Å²) in [6, 6.07) is 6.32. The van der Waals surface area contributed by atoms with Crippen molar-refractivity contribution in [2.45, 2.75) is 0 Å². The standard InChI is InChI=1S/C10H13N3O3S/c1-17(15,16)13-7-6-12(10(13)14)9-5-3-2-4-8(9)11/h2-5H,6-7,11H2,1H3. The molecule has 0 spiro atoms. The number of nitrogens with zero attached hydrogens (tertiary/aromatic N) is 2. The van der Waals surface area contributed by atoms with Crippen molar-refractivity contribution in [1.29, 1.82) is 0 Å². The Hall–Kier alpha value is -1.76. The van der Waals surface area contributed by atoms with E-state index in [-0.39, 0.29) is 6.54 Å². The number of rotatable bonds is 2. The summed E-state index contributed by atoms with van der Waals surface area (Å²) in [4.78, 5) is 13.3. The molecule has 0 radical (unpaired) electrons. The van der Waals surface area contributed by atoms with Crippen molar-refractivity contribution in [1.82, 2.24) is 4.31 Å². The molecule has 2 rings (SSSR count). The molecule has 1 aliphatic heterocycles. The van der Waals surface area contributed by atoms with Gasteiger partial charge in [0.1, 0.15) is 0 Å². The van der Waals surface area contributed by atoms with Gasteiger partial charge in [-0.05, 0) is 12.1 Å². The minimum absolute atomic E-state index is 0.159. The van der Waals surface area contributed by atoms with Gasteiger partial charge in [0, 0.05) is 6.54 Å². The summed E-state index contributed by atoms with van der Waals surface area (Å²) in [5.74, 6) is 0. The van der Waals surface area contributed by atoms with Crippen LogP contribution in [0.25, 0.3) is 0 Å². The van der Waals surface area contributed by atoms with E-state index in [4.69, 9.17) is 5.73 Å². The number of nitrogen functional groups attached to an aromatic ring is 1. The zero-order valence-electron chi connectivity index (χ0n) is 9.33. The van der Waals surface area contributed by atoms with Crippen molar-refractivity contribution in [3.63, 3.8) is 0 Å². The van der Waals surface area contributed by atoms with Crippen molar-refractivity contribution in [2.24, 2.45) is 0 Å². The highest BCUT2D eigenvalue weighted by molar-refractivity contribution is 7.88. The molecule has 0 saturated carbocycles. The Bertz CT molecular complexity index is 556. The molecule has 17 heavy (non-hydrogen) atoms. The molecule has 2 N–H and O–H groups in total. The van der Waals surface area contributed by atoms with E-state index in [2.05, 4.69) is 0 Å². The number of hydrogen-bond donors (Lipinski definition) is 1. The van der Waals surface area contributed by atoms with Crippen molar-refractivity contribution < 1.29 is 13.2 Å². The fourth-order valence-corrected chi connectivity index (χ4v) is 2.58. The van der Waals surface area contributed by atoms with Gasteiger partial charge < -0.3 is 5.73 Å². The topological polar surface area (TPSA) is 83.7 Å². The summed E-state index contributed by atoms with van der Waals surface area (Å²) in [6.45, 7) is 0.478. The molecule has 6 nitrogen and oxygen atoms in total. The highest BCUT2D eigenvalue weighted by Gasteiger charge is 2.35. The zero-order chi connectivity index (χ0) is 12.6. The number of urea groups is 1. The smallest absolute Gasteiger partial charge is 0.338 e. The molecule has 1 fully saturated rings. The Morgan fingerprint density at radius 3 is 2.41 bits per heavy atom. The van der Waals surface area contributed by atoms with Crippen molar-refractivity contribution in [3.8, 4) is 0 Å². The predicted molar refractivity (Wildman–Crippen MR) is 65.1 cm³/mol. The van der Waals surface area contributed by atoms with E-state index in [0.717, 1.165) is 10.6 Å². The number of sulfonamides is 1. The third-order valence-electron chi connectivity index (χ3n) is 2.60. The van der Waals surface area contributed by atoms with Gasteiger partial charge in [-0.3, -0.25) is 4.90 Å². The highest BCUT2D eigenvalue weighted by Crippen LogP contribution is 2.26. The van der Waals surface area contributed by atoms with Gasteiger partial charge in [-0.25, -0.2) is 17.5 Å². The third kappa shape index (κ3) is 2.05. The van der Waals surface area contributed by atoms with Gasteiger partial charge in [-0.1, -0.05) is 12.1 Å². The fraction of sp³-hybridized carbons (Fsp3) is 0.300. The number of carbonyl (C=O) groups excluding carboxylic acids is 1. The number of anilines is 2. The first-order valence-corrected chi connectivity index (χ1v) is 6.90. The van der Waals surface area contributed by atoms with E-state index in [0.29, 0.717) is 17.9 Å². The first kappa shape index (κ1) is 11.7. The second-order valence-corrected chi connectivity index (χ2v) is 5.73. The summed E-state index contributed by atoms with van der Waals surface area (Å²) >= 11 is 0. The number of para-hydroxylation sites is 2. The first-order valence-electron chi connectivity index (χ1n) is 5.05. The van der Waals surface area contributed by atoms with Crippen LogP contribution in [0.4, 0.5) is 16.2 Å². The molecule has 92 valence electrons. The monoisotopic (exact) mass is 255 g/mol. The number of benzene rings is 1. The molecule has 1 saturated heterocycles. The lowest BCUT2D eigenvalue weighted by molar-refractivity contribution is 0.239. The van der Waals surface area contributed by atoms with Crippen molar-refractivity contribution in [3.05, 3.63) is 24.3 Å². The van der Waals surface area contributed by atoms with E-state index in [1.807, 2.05) is 0 Å². The van der Waals surface area contributed by atoms with Gasteiger partial charge in [-0.15, -0.1) is 0 Å². The van der Waals surface area contributed by atoms with Gasteiger partial charge in [0.15, 0.2) is 0 Å². The molecule has 0 unspecified atom stereocenters. The summed E-state index contributed by atoms with van der Waals surface area (Å²) in [5.41, 5.74) is 6.76. The average Bonchev–Trinajstić information content (AvgIpc) is 2.60. The summed E-state index contributed by atoms with van der Waals surface area (Å²) in [5, 5.41) is 0. The Morgan fingerprint density at radius 1 is 1.24 bits per heavy atom. The zero-order valence-corrected chi connectivity index (χ0v) is 10.1. The maximum Gasteiger partial charge on any atom is 0.338 e. The van der Waals surface area contributed by atoms with Gasteiger partial charge >= 0.3 is 6.03 Å². The maximum absolute atomic E-state index is 11.9. The number of carbonyl (C=O) groups is 1. The predicted octanol–water partition coefficient (Wildman–Crippen LogP) is 0.470. The molecule has 0 atom stereocenters. The molecule has 0 aliphatic carbocycles. The largest absolute Gasteiger partial charge is 0.397 e. The summed E-state index contributed by atoms with van der Waals surface area (Å²) in [7, 11) is -3.50.